The van der Waals surface area contributed by atoms with Gasteiger partial charge in [-0.25, -0.2) is 9.99 Å². The number of hydrogen-bond donors (Lipinski definition) is 0. The van der Waals surface area contributed by atoms with Crippen LogP contribution in [0.2, 0.25) is 5.02 Å². The number of rotatable bonds is 3. The lowest BCUT2D eigenvalue weighted by molar-refractivity contribution is 0.221. The van der Waals surface area contributed by atoms with Gasteiger partial charge in [0, 0.05) is 24.1 Å². The van der Waals surface area contributed by atoms with Crippen molar-refractivity contribution in [3.63, 3.8) is 0 Å². The number of hydrogen-bond acceptors (Lipinski definition) is 5. The molecule has 2 aliphatic heterocycles. The van der Waals surface area contributed by atoms with Gasteiger partial charge in [0.1, 0.15) is 6.10 Å². The molecule has 0 N–H and O–H groups in total. The summed E-state index contributed by atoms with van der Waals surface area (Å²) >= 11 is 8.11. The van der Waals surface area contributed by atoms with Crippen LogP contribution in [0.3, 0.4) is 0 Å². The van der Waals surface area contributed by atoms with Gasteiger partial charge in [-0.15, -0.1) is 5.10 Å². The number of thioether (sulfide) groups is 1. The van der Waals surface area contributed by atoms with E-state index in [4.69, 9.17) is 16.3 Å². The van der Waals surface area contributed by atoms with Crippen molar-refractivity contribution in [3.05, 3.63) is 23.4 Å². The SMILES string of the molecule is CCC1CC(OC2CSC2)=NN1c1ncccc1Cl. The molecule has 3 heterocycles. The monoisotopic (exact) mass is 297 g/mol. The smallest absolute Gasteiger partial charge is 0.208 e. The van der Waals surface area contributed by atoms with Crippen LogP contribution < -0.4 is 5.01 Å². The van der Waals surface area contributed by atoms with Crippen molar-refractivity contribution in [2.24, 2.45) is 5.10 Å². The molecule has 0 radical (unpaired) electrons. The first-order valence-corrected chi connectivity index (χ1v) is 8.03. The Hall–Kier alpha value is -0.940. The zero-order valence-electron chi connectivity index (χ0n) is 10.8. The molecule has 1 atom stereocenters. The average Bonchev–Trinajstić information content (AvgIpc) is 2.77. The first-order valence-electron chi connectivity index (χ1n) is 6.49. The quantitative estimate of drug-likeness (QED) is 0.859. The lowest BCUT2D eigenvalue weighted by Crippen LogP contribution is -2.30. The van der Waals surface area contributed by atoms with Crippen molar-refractivity contribution in [1.29, 1.82) is 0 Å². The van der Waals surface area contributed by atoms with Crippen molar-refractivity contribution in [1.82, 2.24) is 4.98 Å². The lowest BCUT2D eigenvalue weighted by atomic mass is 10.1. The number of nitrogens with zero attached hydrogens (tertiary/aromatic N) is 3. The van der Waals surface area contributed by atoms with Gasteiger partial charge in [0.2, 0.25) is 5.90 Å². The van der Waals surface area contributed by atoms with E-state index in [1.165, 1.54) is 0 Å². The molecule has 1 aromatic heterocycles. The normalized spacial score (nSPS) is 23.2. The van der Waals surface area contributed by atoms with Gasteiger partial charge in [-0.2, -0.15) is 11.8 Å². The number of anilines is 1. The number of aromatic nitrogens is 1. The maximum Gasteiger partial charge on any atom is 0.208 e. The molecule has 6 heteroatoms. The molecule has 0 aromatic carbocycles. The minimum atomic E-state index is 0.287. The molecule has 0 amide bonds. The van der Waals surface area contributed by atoms with E-state index in [0.29, 0.717) is 11.1 Å². The van der Waals surface area contributed by atoms with Gasteiger partial charge in [0.05, 0.1) is 11.1 Å². The Labute approximate surface area is 122 Å². The van der Waals surface area contributed by atoms with Crippen LogP contribution in [-0.2, 0) is 4.74 Å². The van der Waals surface area contributed by atoms with Crippen LogP contribution in [0.15, 0.2) is 23.4 Å². The molecule has 3 rings (SSSR count). The third kappa shape index (κ3) is 2.67. The Kier molecular flexibility index (Phi) is 3.84. The number of pyridine rings is 1. The Morgan fingerprint density at radius 2 is 2.37 bits per heavy atom. The van der Waals surface area contributed by atoms with Crippen LogP contribution >= 0.6 is 23.4 Å². The number of ether oxygens (including phenoxy) is 1. The maximum atomic E-state index is 6.20. The largest absolute Gasteiger partial charge is 0.475 e. The topological polar surface area (TPSA) is 37.7 Å². The number of halogens is 1. The van der Waals surface area contributed by atoms with Crippen LogP contribution in [0, 0.1) is 0 Å². The summed E-state index contributed by atoms with van der Waals surface area (Å²) in [5.41, 5.74) is 0. The van der Waals surface area contributed by atoms with E-state index >= 15 is 0 Å². The zero-order chi connectivity index (χ0) is 13.2. The van der Waals surface area contributed by atoms with E-state index in [1.54, 1.807) is 6.20 Å². The summed E-state index contributed by atoms with van der Waals surface area (Å²) in [6.45, 7) is 2.15. The van der Waals surface area contributed by atoms with Crippen molar-refractivity contribution in [3.8, 4) is 0 Å². The van der Waals surface area contributed by atoms with E-state index < -0.39 is 0 Å². The Morgan fingerprint density at radius 1 is 1.53 bits per heavy atom. The maximum absolute atomic E-state index is 6.20. The molecule has 102 valence electrons. The molecule has 0 spiro atoms. The molecular weight excluding hydrogens is 282 g/mol. The van der Waals surface area contributed by atoms with Crippen LogP contribution in [-0.4, -0.2) is 34.5 Å². The second-order valence-corrected chi connectivity index (χ2v) is 6.17. The Balaban J connectivity index is 1.79. The lowest BCUT2D eigenvalue weighted by Gasteiger charge is -2.25. The molecule has 2 aliphatic rings. The number of hydrazone groups is 1. The standard InChI is InChI=1S/C13H16ClN3OS/c1-2-9-6-12(18-10-7-19-8-10)16-17(9)13-11(14)4-3-5-15-13/h3-5,9-10H,2,6-8H2,1H3. The average molecular weight is 298 g/mol. The summed E-state index contributed by atoms with van der Waals surface area (Å²) in [5.74, 6) is 3.68. The van der Waals surface area contributed by atoms with Crippen LogP contribution in [0.5, 0.6) is 0 Å². The van der Waals surface area contributed by atoms with Crippen molar-refractivity contribution in [2.45, 2.75) is 31.9 Å². The highest BCUT2D eigenvalue weighted by Gasteiger charge is 2.32. The highest BCUT2D eigenvalue weighted by Crippen LogP contribution is 2.31. The summed E-state index contributed by atoms with van der Waals surface area (Å²) < 4.78 is 5.89. The van der Waals surface area contributed by atoms with Gasteiger partial charge in [0.25, 0.3) is 0 Å². The van der Waals surface area contributed by atoms with E-state index in [2.05, 4.69) is 17.0 Å². The molecule has 1 unspecified atom stereocenters. The Bertz CT molecular complexity index is 493. The van der Waals surface area contributed by atoms with E-state index in [9.17, 15) is 0 Å². The molecule has 1 aromatic rings. The minimum Gasteiger partial charge on any atom is -0.475 e. The van der Waals surface area contributed by atoms with E-state index in [-0.39, 0.29) is 6.04 Å². The second kappa shape index (κ2) is 5.59. The zero-order valence-corrected chi connectivity index (χ0v) is 12.3. The molecule has 0 saturated carbocycles. The molecule has 0 bridgehead atoms. The van der Waals surface area contributed by atoms with Crippen molar-refractivity contribution in [2.75, 3.05) is 16.5 Å². The highest BCUT2D eigenvalue weighted by molar-refractivity contribution is 8.00. The predicted molar refractivity (Wildman–Crippen MR) is 80.1 cm³/mol. The molecule has 19 heavy (non-hydrogen) atoms. The second-order valence-electron chi connectivity index (χ2n) is 4.69. The van der Waals surface area contributed by atoms with Gasteiger partial charge in [-0.3, -0.25) is 0 Å². The fraction of sp³-hybridized carbons (Fsp3) is 0.538. The fourth-order valence-corrected chi connectivity index (χ4v) is 2.93. The fourth-order valence-electron chi connectivity index (χ4n) is 2.16. The molecular formula is C13H16ClN3OS. The van der Waals surface area contributed by atoms with Crippen molar-refractivity contribution < 1.29 is 4.74 Å². The molecule has 4 nitrogen and oxygen atoms in total. The van der Waals surface area contributed by atoms with Crippen LogP contribution in [0.25, 0.3) is 0 Å². The Morgan fingerprint density at radius 3 is 3.00 bits per heavy atom. The summed E-state index contributed by atoms with van der Waals surface area (Å²) in [6.07, 6.45) is 3.90. The summed E-state index contributed by atoms with van der Waals surface area (Å²) in [5, 5.41) is 7.10. The van der Waals surface area contributed by atoms with E-state index in [0.717, 1.165) is 36.1 Å². The molecule has 0 aliphatic carbocycles. The van der Waals surface area contributed by atoms with Gasteiger partial charge < -0.3 is 4.74 Å². The third-order valence-electron chi connectivity index (χ3n) is 3.31. The van der Waals surface area contributed by atoms with Crippen molar-refractivity contribution >= 4 is 35.1 Å². The summed E-state index contributed by atoms with van der Waals surface area (Å²) in [7, 11) is 0. The molecule has 1 saturated heterocycles. The summed E-state index contributed by atoms with van der Waals surface area (Å²) in [6, 6.07) is 3.96. The van der Waals surface area contributed by atoms with Crippen LogP contribution in [0.1, 0.15) is 19.8 Å². The van der Waals surface area contributed by atoms with Gasteiger partial charge in [0.15, 0.2) is 5.82 Å². The minimum absolute atomic E-state index is 0.287. The first kappa shape index (κ1) is 13.1. The van der Waals surface area contributed by atoms with Gasteiger partial charge in [-0.1, -0.05) is 18.5 Å². The van der Waals surface area contributed by atoms with Gasteiger partial charge >= 0.3 is 0 Å². The van der Waals surface area contributed by atoms with E-state index in [1.807, 2.05) is 28.9 Å². The van der Waals surface area contributed by atoms with Crippen LogP contribution in [0.4, 0.5) is 5.82 Å². The summed E-state index contributed by atoms with van der Waals surface area (Å²) in [4.78, 5) is 4.33. The first-order chi connectivity index (χ1) is 9.28. The molecule has 1 fully saturated rings. The van der Waals surface area contributed by atoms with Gasteiger partial charge in [-0.05, 0) is 18.6 Å². The predicted octanol–water partition coefficient (Wildman–Crippen LogP) is 3.17. The third-order valence-corrected chi connectivity index (χ3v) is 4.82. The highest BCUT2D eigenvalue weighted by atomic mass is 35.5.